The molecule has 0 aliphatic carbocycles. The van der Waals surface area contributed by atoms with Gasteiger partial charge in [-0.25, -0.2) is 10.4 Å². The number of carbonyl (C=O) groups is 2. The van der Waals surface area contributed by atoms with Gasteiger partial charge in [0.15, 0.2) is 0 Å². The number of hydrogen-bond donors (Lipinski definition) is 1. The molecule has 1 aliphatic rings. The van der Waals surface area contributed by atoms with Crippen LogP contribution < -0.4 is 5.43 Å². The van der Waals surface area contributed by atoms with Crippen LogP contribution in [0.2, 0.25) is 0 Å². The molecule has 1 aliphatic heterocycles. The van der Waals surface area contributed by atoms with E-state index < -0.39 is 0 Å². The normalized spacial score (nSPS) is 16.4. The molecule has 0 spiro atoms. The molecule has 0 aromatic carbocycles. The fourth-order valence-corrected chi connectivity index (χ4v) is 1.65. The SMILES string of the molecule is CCC1=C(/C=C\C=C(C)C)C(=O)N(NC)C1=O. The summed E-state index contributed by atoms with van der Waals surface area (Å²) in [5, 5.41) is 1.04. The lowest BCUT2D eigenvalue weighted by atomic mass is 10.1. The molecule has 1 N–H and O–H groups in total. The van der Waals surface area contributed by atoms with Gasteiger partial charge in [-0.1, -0.05) is 24.6 Å². The molecule has 0 aromatic rings. The maximum atomic E-state index is 11.9. The van der Waals surface area contributed by atoms with Crippen LogP contribution in [0.5, 0.6) is 0 Å². The average molecular weight is 234 g/mol. The molecule has 0 fully saturated rings. The van der Waals surface area contributed by atoms with Gasteiger partial charge in [-0.3, -0.25) is 9.59 Å². The van der Waals surface area contributed by atoms with E-state index in [9.17, 15) is 9.59 Å². The molecule has 17 heavy (non-hydrogen) atoms. The van der Waals surface area contributed by atoms with Crippen LogP contribution in [0, 0.1) is 0 Å². The van der Waals surface area contributed by atoms with E-state index in [1.807, 2.05) is 26.8 Å². The van der Waals surface area contributed by atoms with Gasteiger partial charge in [-0.15, -0.1) is 0 Å². The number of imide groups is 1. The molecule has 0 radical (unpaired) electrons. The van der Waals surface area contributed by atoms with Crippen LogP contribution in [0.25, 0.3) is 0 Å². The van der Waals surface area contributed by atoms with Gasteiger partial charge in [0.1, 0.15) is 0 Å². The van der Waals surface area contributed by atoms with E-state index in [-0.39, 0.29) is 11.8 Å². The topological polar surface area (TPSA) is 49.4 Å². The number of rotatable bonds is 4. The number of nitrogens with zero attached hydrogens (tertiary/aromatic N) is 1. The van der Waals surface area contributed by atoms with Crippen molar-refractivity contribution in [3.05, 3.63) is 34.9 Å². The zero-order chi connectivity index (χ0) is 13.0. The first kappa shape index (κ1) is 13.4. The first-order chi connectivity index (χ1) is 8.02. The maximum Gasteiger partial charge on any atom is 0.275 e. The van der Waals surface area contributed by atoms with Crippen LogP contribution in [0.3, 0.4) is 0 Å². The lowest BCUT2D eigenvalue weighted by Gasteiger charge is -2.11. The van der Waals surface area contributed by atoms with E-state index in [4.69, 9.17) is 0 Å². The van der Waals surface area contributed by atoms with Gasteiger partial charge < -0.3 is 0 Å². The highest BCUT2D eigenvalue weighted by Gasteiger charge is 2.35. The smallest absolute Gasteiger partial charge is 0.267 e. The number of nitrogens with one attached hydrogen (secondary N) is 1. The van der Waals surface area contributed by atoms with Gasteiger partial charge in [0.05, 0.1) is 5.57 Å². The van der Waals surface area contributed by atoms with Crippen LogP contribution in [0.4, 0.5) is 0 Å². The molecule has 4 nitrogen and oxygen atoms in total. The molecule has 2 amide bonds. The lowest BCUT2D eigenvalue weighted by Crippen LogP contribution is -2.41. The summed E-state index contributed by atoms with van der Waals surface area (Å²) >= 11 is 0. The van der Waals surface area contributed by atoms with Crippen molar-refractivity contribution in [2.75, 3.05) is 7.05 Å². The average Bonchev–Trinajstić information content (AvgIpc) is 2.50. The quantitative estimate of drug-likeness (QED) is 0.595. The van der Waals surface area contributed by atoms with Crippen molar-refractivity contribution < 1.29 is 9.59 Å². The molecule has 0 bridgehead atoms. The summed E-state index contributed by atoms with van der Waals surface area (Å²) in [6, 6.07) is 0. The largest absolute Gasteiger partial charge is 0.275 e. The van der Waals surface area contributed by atoms with E-state index in [1.165, 1.54) is 0 Å². The Morgan fingerprint density at radius 3 is 2.41 bits per heavy atom. The second-order valence-electron chi connectivity index (χ2n) is 4.02. The summed E-state index contributed by atoms with van der Waals surface area (Å²) in [5.74, 6) is -0.537. The van der Waals surface area contributed by atoms with E-state index >= 15 is 0 Å². The van der Waals surface area contributed by atoms with Gasteiger partial charge in [-0.2, -0.15) is 0 Å². The molecule has 0 atom stereocenters. The summed E-state index contributed by atoms with van der Waals surface area (Å²) in [4.78, 5) is 23.7. The second-order valence-corrected chi connectivity index (χ2v) is 4.02. The Balaban J connectivity index is 3.06. The fourth-order valence-electron chi connectivity index (χ4n) is 1.65. The van der Waals surface area contributed by atoms with Gasteiger partial charge in [0.2, 0.25) is 0 Å². The molecule has 1 rings (SSSR count). The van der Waals surface area contributed by atoms with Crippen molar-refractivity contribution >= 4 is 11.8 Å². The number of allylic oxidation sites excluding steroid dienone is 3. The van der Waals surface area contributed by atoms with Crippen molar-refractivity contribution in [2.24, 2.45) is 0 Å². The predicted molar refractivity (Wildman–Crippen MR) is 66.8 cm³/mol. The summed E-state index contributed by atoms with van der Waals surface area (Å²) in [5.41, 5.74) is 4.78. The third-order valence-corrected chi connectivity index (χ3v) is 2.49. The number of carbonyl (C=O) groups excluding carboxylic acids is 2. The Labute approximate surface area is 102 Å². The summed E-state index contributed by atoms with van der Waals surface area (Å²) in [7, 11) is 1.56. The monoisotopic (exact) mass is 234 g/mol. The third kappa shape index (κ3) is 2.71. The molecule has 0 saturated carbocycles. The van der Waals surface area contributed by atoms with Crippen molar-refractivity contribution in [1.82, 2.24) is 10.4 Å². The maximum absolute atomic E-state index is 11.9. The molecule has 92 valence electrons. The Hall–Kier alpha value is -1.68. The van der Waals surface area contributed by atoms with E-state index in [2.05, 4.69) is 5.43 Å². The van der Waals surface area contributed by atoms with Gasteiger partial charge in [0, 0.05) is 12.6 Å². The summed E-state index contributed by atoms with van der Waals surface area (Å²) in [6.45, 7) is 5.82. The lowest BCUT2D eigenvalue weighted by molar-refractivity contribution is -0.140. The number of amides is 2. The second kappa shape index (κ2) is 5.59. The molecule has 0 unspecified atom stereocenters. The highest BCUT2D eigenvalue weighted by Crippen LogP contribution is 2.22. The zero-order valence-electron chi connectivity index (χ0n) is 10.7. The molecule has 0 saturated heterocycles. The van der Waals surface area contributed by atoms with Crippen LogP contribution in [-0.4, -0.2) is 23.9 Å². The van der Waals surface area contributed by atoms with Crippen molar-refractivity contribution in [3.8, 4) is 0 Å². The minimum Gasteiger partial charge on any atom is -0.267 e. The molecule has 0 aromatic heterocycles. The van der Waals surface area contributed by atoms with Crippen molar-refractivity contribution in [3.63, 3.8) is 0 Å². The van der Waals surface area contributed by atoms with Crippen molar-refractivity contribution in [2.45, 2.75) is 27.2 Å². The summed E-state index contributed by atoms with van der Waals surface area (Å²) in [6.07, 6.45) is 5.95. The molecular weight excluding hydrogens is 216 g/mol. The van der Waals surface area contributed by atoms with E-state index in [0.717, 1.165) is 10.6 Å². The Morgan fingerprint density at radius 1 is 1.29 bits per heavy atom. The molecular formula is C13H18N2O2. The van der Waals surface area contributed by atoms with Gasteiger partial charge in [-0.05, 0) is 26.3 Å². The minimum atomic E-state index is -0.284. The zero-order valence-corrected chi connectivity index (χ0v) is 10.7. The Kier molecular flexibility index (Phi) is 4.40. The third-order valence-electron chi connectivity index (χ3n) is 2.49. The molecule has 4 heteroatoms. The van der Waals surface area contributed by atoms with Crippen molar-refractivity contribution in [1.29, 1.82) is 0 Å². The standard InChI is InChI=1S/C13H18N2O2/c1-5-10-11(8-6-7-9(2)3)13(17)15(14-4)12(10)16/h6-8,14H,5H2,1-4H3/b8-6-. The minimum absolute atomic E-state index is 0.253. The van der Waals surface area contributed by atoms with E-state index in [1.54, 1.807) is 19.2 Å². The van der Waals surface area contributed by atoms with Crippen LogP contribution >= 0.6 is 0 Å². The van der Waals surface area contributed by atoms with Gasteiger partial charge >= 0.3 is 0 Å². The van der Waals surface area contributed by atoms with Crippen LogP contribution in [0.1, 0.15) is 27.2 Å². The fraction of sp³-hybridized carbons (Fsp3) is 0.385. The highest BCUT2D eigenvalue weighted by molar-refractivity contribution is 6.20. The first-order valence-corrected chi connectivity index (χ1v) is 5.63. The van der Waals surface area contributed by atoms with E-state index in [0.29, 0.717) is 17.6 Å². The molecule has 1 heterocycles. The predicted octanol–water partition coefficient (Wildman–Crippen LogP) is 1.72. The van der Waals surface area contributed by atoms with Crippen LogP contribution in [0.15, 0.2) is 34.9 Å². The Morgan fingerprint density at radius 2 is 1.94 bits per heavy atom. The van der Waals surface area contributed by atoms with Crippen LogP contribution in [-0.2, 0) is 9.59 Å². The Bertz CT molecular complexity index is 427. The summed E-state index contributed by atoms with van der Waals surface area (Å²) < 4.78 is 0. The number of hydrogen-bond acceptors (Lipinski definition) is 3. The first-order valence-electron chi connectivity index (χ1n) is 5.63. The highest BCUT2D eigenvalue weighted by atomic mass is 16.2. The van der Waals surface area contributed by atoms with Gasteiger partial charge in [0.25, 0.3) is 11.8 Å². The number of hydrazine groups is 1.